The summed E-state index contributed by atoms with van der Waals surface area (Å²) in [5.41, 5.74) is 3.96. The number of hydrogen-bond acceptors (Lipinski definition) is 2. The Morgan fingerprint density at radius 2 is 1.08 bits per heavy atom. The summed E-state index contributed by atoms with van der Waals surface area (Å²) in [7, 11) is 0. The lowest BCUT2D eigenvalue weighted by Gasteiger charge is -2.44. The van der Waals surface area contributed by atoms with Crippen LogP contribution in [0.2, 0.25) is 0 Å². The zero-order valence-electron chi connectivity index (χ0n) is 21.9. The Hall–Kier alpha value is -4.02. The second-order valence-electron chi connectivity index (χ2n) is 10.3. The Balaban J connectivity index is 1.41. The van der Waals surface area contributed by atoms with Crippen molar-refractivity contribution in [3.05, 3.63) is 144 Å². The first-order valence-corrected chi connectivity index (χ1v) is 13.5. The van der Waals surface area contributed by atoms with Crippen LogP contribution < -0.4 is 0 Å². The summed E-state index contributed by atoms with van der Waals surface area (Å²) in [6.07, 6.45) is 0. The number of rotatable bonds is 7. The molecule has 0 aromatic heterocycles. The molecule has 192 valence electrons. The fourth-order valence-electron chi connectivity index (χ4n) is 5.75. The summed E-state index contributed by atoms with van der Waals surface area (Å²) in [5, 5.41) is 0. The first-order chi connectivity index (χ1) is 18.6. The number of quaternary nitrogens is 1. The number of hydrogen-bond donors (Lipinski definition) is 0. The number of carbonyl (C=O) groups is 2. The van der Waals surface area contributed by atoms with Crippen molar-refractivity contribution in [3.8, 4) is 0 Å². The first kappa shape index (κ1) is 25.6. The summed E-state index contributed by atoms with van der Waals surface area (Å²) in [4.78, 5) is 30.0. The summed E-state index contributed by atoms with van der Waals surface area (Å²) in [6, 6.07) is 40.0. The third kappa shape index (κ3) is 5.46. The van der Waals surface area contributed by atoms with Crippen LogP contribution in [0.25, 0.3) is 0 Å². The number of benzene rings is 4. The average molecular weight is 504 g/mol. The van der Waals surface area contributed by atoms with Crippen molar-refractivity contribution in [2.75, 3.05) is 32.7 Å². The molecule has 4 heteroatoms. The molecule has 0 aliphatic carbocycles. The highest BCUT2D eigenvalue weighted by Gasteiger charge is 2.44. The normalized spacial score (nSPS) is 15.7. The number of nitrogens with zero attached hydrogens (tertiary/aromatic N) is 2. The lowest BCUT2D eigenvalue weighted by molar-refractivity contribution is -0.854. The lowest BCUT2D eigenvalue weighted by atomic mass is 9.89. The molecule has 4 nitrogen and oxygen atoms in total. The van der Waals surface area contributed by atoms with E-state index in [1.807, 2.05) is 102 Å². The zero-order chi connectivity index (χ0) is 26.4. The predicted molar refractivity (Wildman–Crippen MR) is 152 cm³/mol. The number of amides is 2. The molecule has 4 aromatic rings. The Labute approximate surface area is 225 Å². The van der Waals surface area contributed by atoms with E-state index in [2.05, 4.69) is 31.2 Å². The van der Waals surface area contributed by atoms with Crippen LogP contribution in [-0.2, 0) is 4.79 Å². The highest BCUT2D eigenvalue weighted by molar-refractivity contribution is 5.90. The smallest absolute Gasteiger partial charge is 0.331 e. The van der Waals surface area contributed by atoms with Gasteiger partial charge in [0, 0.05) is 5.92 Å². The molecule has 0 N–H and O–H groups in total. The van der Waals surface area contributed by atoms with Crippen LogP contribution in [0.3, 0.4) is 0 Å². The van der Waals surface area contributed by atoms with Gasteiger partial charge in [0.25, 0.3) is 0 Å². The molecule has 1 atom stereocenters. The predicted octanol–water partition coefficient (Wildman–Crippen LogP) is 6.12. The van der Waals surface area contributed by atoms with Crippen LogP contribution in [0, 0.1) is 0 Å². The highest BCUT2D eigenvalue weighted by Crippen LogP contribution is 2.30. The van der Waals surface area contributed by atoms with E-state index in [-0.39, 0.29) is 23.7 Å². The molecule has 1 aliphatic heterocycles. The van der Waals surface area contributed by atoms with E-state index in [1.54, 1.807) is 0 Å². The van der Waals surface area contributed by atoms with E-state index < -0.39 is 0 Å². The van der Waals surface area contributed by atoms with Gasteiger partial charge in [0.2, 0.25) is 5.91 Å². The molecule has 38 heavy (non-hydrogen) atoms. The third-order valence-electron chi connectivity index (χ3n) is 7.86. The summed E-state index contributed by atoms with van der Waals surface area (Å²) < 4.78 is 0.352. The zero-order valence-corrected chi connectivity index (χ0v) is 21.9. The Kier molecular flexibility index (Phi) is 7.81. The van der Waals surface area contributed by atoms with Gasteiger partial charge in [-0.1, -0.05) is 116 Å². The minimum absolute atomic E-state index is 0.100. The maximum Gasteiger partial charge on any atom is 0.346 e. The monoisotopic (exact) mass is 503 g/mol. The average Bonchev–Trinajstić information content (AvgIpc) is 2.99. The molecule has 0 bridgehead atoms. The fourth-order valence-corrected chi connectivity index (χ4v) is 5.75. The quantitative estimate of drug-likeness (QED) is 0.285. The van der Waals surface area contributed by atoms with Crippen LogP contribution in [0.15, 0.2) is 121 Å². The fraction of sp³-hybridized carbons (Fsp3) is 0.235. The van der Waals surface area contributed by atoms with Gasteiger partial charge in [-0.25, -0.2) is 4.79 Å². The van der Waals surface area contributed by atoms with Gasteiger partial charge in [-0.15, -0.1) is 0 Å². The van der Waals surface area contributed by atoms with Crippen molar-refractivity contribution in [3.63, 3.8) is 0 Å². The standard InChI is InChI=1S/C34H35N2O2/c1-27(28-14-6-2-7-15-28)26-36(34(38)31-20-12-5-13-21-31)24-22-35(23-25-36)33(37)32(29-16-8-3-9-17-29)30-18-10-4-11-19-30/h2-21,27,32H,22-26H2,1H3/q+1. The number of carbonyl (C=O) groups excluding carboxylic acids is 2. The van der Waals surface area contributed by atoms with Gasteiger partial charge in [-0.3, -0.25) is 9.28 Å². The molecule has 1 saturated heterocycles. The van der Waals surface area contributed by atoms with Crippen molar-refractivity contribution in [2.45, 2.75) is 18.8 Å². The number of piperazine rings is 1. The van der Waals surface area contributed by atoms with Crippen LogP contribution in [-0.4, -0.2) is 53.9 Å². The van der Waals surface area contributed by atoms with Crippen LogP contribution in [0.4, 0.5) is 0 Å². The van der Waals surface area contributed by atoms with Gasteiger partial charge in [-0.05, 0) is 28.8 Å². The molecular weight excluding hydrogens is 468 g/mol. The van der Waals surface area contributed by atoms with Crippen LogP contribution >= 0.6 is 0 Å². The van der Waals surface area contributed by atoms with Crippen LogP contribution in [0.5, 0.6) is 0 Å². The minimum atomic E-state index is -0.356. The maximum atomic E-state index is 14.0. The second kappa shape index (κ2) is 11.6. The molecule has 0 spiro atoms. The lowest BCUT2D eigenvalue weighted by Crippen LogP contribution is -2.64. The Bertz CT molecular complexity index is 1290. The molecule has 1 heterocycles. The molecule has 1 fully saturated rings. The van der Waals surface area contributed by atoms with E-state index in [0.717, 1.165) is 16.7 Å². The third-order valence-corrected chi connectivity index (χ3v) is 7.86. The van der Waals surface area contributed by atoms with Gasteiger partial charge in [0.05, 0.1) is 31.1 Å². The van der Waals surface area contributed by atoms with E-state index >= 15 is 0 Å². The van der Waals surface area contributed by atoms with Crippen molar-refractivity contribution in [2.24, 2.45) is 0 Å². The van der Waals surface area contributed by atoms with E-state index in [1.165, 1.54) is 5.56 Å². The van der Waals surface area contributed by atoms with Gasteiger partial charge >= 0.3 is 5.91 Å². The van der Waals surface area contributed by atoms with E-state index in [4.69, 9.17) is 0 Å². The Morgan fingerprint density at radius 1 is 0.658 bits per heavy atom. The highest BCUT2D eigenvalue weighted by atomic mass is 16.2. The van der Waals surface area contributed by atoms with Gasteiger partial charge < -0.3 is 4.90 Å². The molecule has 2 amide bonds. The SMILES string of the molecule is CC(C[N+]1(C(=O)c2ccccc2)CCN(C(=O)C(c2ccccc2)c2ccccc2)CC1)c1ccccc1. The molecule has 4 aromatic carbocycles. The van der Waals surface area contributed by atoms with Crippen molar-refractivity contribution < 1.29 is 14.1 Å². The van der Waals surface area contributed by atoms with Gasteiger partial charge in [0.15, 0.2) is 0 Å². The summed E-state index contributed by atoms with van der Waals surface area (Å²) in [6.45, 7) is 5.22. The molecule has 5 rings (SSSR count). The van der Waals surface area contributed by atoms with E-state index in [9.17, 15) is 9.59 Å². The Morgan fingerprint density at radius 3 is 1.55 bits per heavy atom. The molecule has 1 unspecified atom stereocenters. The first-order valence-electron chi connectivity index (χ1n) is 13.5. The summed E-state index contributed by atoms with van der Waals surface area (Å²) in [5.74, 6) is 0.101. The van der Waals surface area contributed by atoms with Gasteiger partial charge in [-0.2, -0.15) is 0 Å². The van der Waals surface area contributed by atoms with Crippen molar-refractivity contribution >= 4 is 11.8 Å². The molecule has 0 radical (unpaired) electrons. The minimum Gasteiger partial charge on any atom is -0.331 e. The van der Waals surface area contributed by atoms with Gasteiger partial charge in [0.1, 0.15) is 13.1 Å². The van der Waals surface area contributed by atoms with Crippen molar-refractivity contribution in [1.82, 2.24) is 4.90 Å². The largest absolute Gasteiger partial charge is 0.346 e. The molecule has 1 aliphatic rings. The maximum absolute atomic E-state index is 14.0. The molecule has 0 saturated carbocycles. The topological polar surface area (TPSA) is 37.4 Å². The van der Waals surface area contributed by atoms with Crippen molar-refractivity contribution in [1.29, 1.82) is 0 Å². The van der Waals surface area contributed by atoms with E-state index in [0.29, 0.717) is 37.2 Å². The molecular formula is C34H35N2O2+. The second-order valence-corrected chi connectivity index (χ2v) is 10.3. The summed E-state index contributed by atoms with van der Waals surface area (Å²) >= 11 is 0. The van der Waals surface area contributed by atoms with Crippen LogP contribution in [0.1, 0.15) is 45.8 Å².